The number of aromatic nitrogens is 5. The first-order chi connectivity index (χ1) is 15.0. The molecule has 0 aromatic carbocycles. The van der Waals surface area contributed by atoms with Crippen molar-refractivity contribution in [2.45, 2.75) is 33.1 Å². The molecule has 3 aromatic rings. The first kappa shape index (κ1) is 20.6. The average molecular weight is 416 g/mol. The molecule has 1 atom stereocenters. The molecule has 0 aliphatic carbocycles. The number of rotatable bonds is 5. The van der Waals surface area contributed by atoms with Crippen LogP contribution >= 0.6 is 0 Å². The monoisotopic (exact) mass is 415 g/mol. The largest absolute Gasteiger partial charge is 0.338 e. The van der Waals surface area contributed by atoms with Gasteiger partial charge in [-0.3, -0.25) is 9.78 Å². The van der Waals surface area contributed by atoms with Crippen LogP contribution in [0.3, 0.4) is 0 Å². The molecular weight excluding hydrogens is 390 g/mol. The van der Waals surface area contributed by atoms with Crippen molar-refractivity contribution >= 4 is 23.7 Å². The van der Waals surface area contributed by atoms with E-state index >= 15 is 0 Å². The first-order valence-electron chi connectivity index (χ1n) is 10.3. The van der Waals surface area contributed by atoms with Gasteiger partial charge in [-0.1, -0.05) is 6.07 Å². The second kappa shape index (κ2) is 8.99. The Kier molecular flexibility index (Phi) is 5.97. The minimum absolute atomic E-state index is 0.000819. The molecule has 0 saturated carbocycles. The van der Waals surface area contributed by atoms with E-state index in [0.717, 1.165) is 29.1 Å². The molecule has 1 aliphatic rings. The maximum absolute atomic E-state index is 12.6. The van der Waals surface area contributed by atoms with E-state index in [1.165, 1.54) is 0 Å². The Morgan fingerprint density at radius 3 is 2.68 bits per heavy atom. The van der Waals surface area contributed by atoms with Crippen molar-refractivity contribution in [2.24, 2.45) is 0 Å². The summed E-state index contributed by atoms with van der Waals surface area (Å²) < 4.78 is 0. The van der Waals surface area contributed by atoms with Gasteiger partial charge >= 0.3 is 0 Å². The molecule has 1 N–H and O–H groups in total. The van der Waals surface area contributed by atoms with Crippen molar-refractivity contribution in [1.82, 2.24) is 29.8 Å². The lowest BCUT2D eigenvalue weighted by Crippen LogP contribution is -2.26. The minimum Gasteiger partial charge on any atom is -0.338 e. The number of amides is 1. The highest BCUT2D eigenvalue weighted by atomic mass is 16.2. The quantitative estimate of drug-likeness (QED) is 0.638. The van der Waals surface area contributed by atoms with Crippen molar-refractivity contribution in [3.63, 3.8) is 0 Å². The third-order valence-electron chi connectivity index (χ3n) is 5.10. The Hall–Kier alpha value is -3.68. The molecule has 8 heteroatoms. The first-order valence-corrected chi connectivity index (χ1v) is 10.3. The molecule has 4 rings (SSSR count). The maximum atomic E-state index is 12.6. The lowest BCUT2D eigenvalue weighted by molar-refractivity contribution is -0.124. The number of anilines is 2. The predicted molar refractivity (Wildman–Crippen MR) is 119 cm³/mol. The van der Waals surface area contributed by atoms with Gasteiger partial charge in [0.2, 0.25) is 11.9 Å². The van der Waals surface area contributed by atoms with Crippen molar-refractivity contribution in [3.05, 3.63) is 71.2 Å². The van der Waals surface area contributed by atoms with Crippen LogP contribution in [0.1, 0.15) is 40.8 Å². The summed E-state index contributed by atoms with van der Waals surface area (Å²) in [7, 11) is 0. The Morgan fingerprint density at radius 2 is 1.94 bits per heavy atom. The minimum atomic E-state index is -0.000819. The van der Waals surface area contributed by atoms with Gasteiger partial charge in [-0.25, -0.2) is 19.9 Å². The van der Waals surface area contributed by atoms with Gasteiger partial charge in [-0.15, -0.1) is 0 Å². The van der Waals surface area contributed by atoms with Crippen LogP contribution in [-0.2, 0) is 4.79 Å². The van der Waals surface area contributed by atoms with E-state index < -0.39 is 0 Å². The molecule has 1 fully saturated rings. The van der Waals surface area contributed by atoms with Gasteiger partial charge in [0.05, 0.1) is 5.69 Å². The second-order valence-corrected chi connectivity index (χ2v) is 7.71. The normalized spacial score (nSPS) is 16.1. The summed E-state index contributed by atoms with van der Waals surface area (Å²) in [5.74, 6) is 2.02. The fraction of sp³-hybridized carbons (Fsp3) is 0.304. The molecule has 0 radical (unpaired) electrons. The molecule has 158 valence electrons. The van der Waals surface area contributed by atoms with Crippen LogP contribution in [0.5, 0.6) is 0 Å². The Bertz CT molecular complexity index is 1090. The molecule has 0 spiro atoms. The highest BCUT2D eigenvalue weighted by Crippen LogP contribution is 2.28. The molecule has 31 heavy (non-hydrogen) atoms. The number of carbonyl (C=O) groups excluding carboxylic acids is 1. The molecule has 3 aromatic heterocycles. The van der Waals surface area contributed by atoms with Gasteiger partial charge in [-0.2, -0.15) is 0 Å². The summed E-state index contributed by atoms with van der Waals surface area (Å²) in [6, 6.07) is 7.62. The fourth-order valence-corrected chi connectivity index (χ4v) is 3.71. The average Bonchev–Trinajstić information content (AvgIpc) is 3.22. The molecule has 1 unspecified atom stereocenters. The zero-order valence-electron chi connectivity index (χ0n) is 17.9. The van der Waals surface area contributed by atoms with E-state index in [0.29, 0.717) is 30.7 Å². The molecule has 1 saturated heterocycles. The fourth-order valence-electron chi connectivity index (χ4n) is 3.71. The van der Waals surface area contributed by atoms with Crippen molar-refractivity contribution < 1.29 is 4.79 Å². The summed E-state index contributed by atoms with van der Waals surface area (Å²) in [6.07, 6.45) is 7.71. The summed E-state index contributed by atoms with van der Waals surface area (Å²) in [5, 5.41) is 3.19. The molecule has 0 bridgehead atoms. The van der Waals surface area contributed by atoms with Gasteiger partial charge in [0.1, 0.15) is 11.6 Å². The van der Waals surface area contributed by atoms with E-state index in [1.807, 2.05) is 49.9 Å². The number of hydrogen-bond donors (Lipinski definition) is 1. The van der Waals surface area contributed by atoms with Gasteiger partial charge < -0.3 is 10.2 Å². The highest BCUT2D eigenvalue weighted by molar-refractivity contribution is 5.92. The topological polar surface area (TPSA) is 96.8 Å². The SMILES string of the molecule is Cc1cc(C)nc(Nc2cc(C3CCN(C(=O)/C=C/c4cccnc4)C3)nc(C)n2)n1. The van der Waals surface area contributed by atoms with Crippen molar-refractivity contribution in [2.75, 3.05) is 18.4 Å². The number of hydrogen-bond acceptors (Lipinski definition) is 7. The summed E-state index contributed by atoms with van der Waals surface area (Å²) >= 11 is 0. The van der Waals surface area contributed by atoms with Crippen molar-refractivity contribution in [1.29, 1.82) is 0 Å². The van der Waals surface area contributed by atoms with Gasteiger partial charge in [0.15, 0.2) is 0 Å². The standard InChI is InChI=1S/C23H25N7O/c1-15-11-16(2)26-23(25-15)29-21-12-20(27-17(3)28-21)19-8-10-30(14-19)22(31)7-6-18-5-4-9-24-13-18/h4-7,9,11-13,19H,8,10,14H2,1-3H3,(H,25,26,27,28,29)/b7-6+. The van der Waals surface area contributed by atoms with Crippen LogP contribution in [0, 0.1) is 20.8 Å². The Morgan fingerprint density at radius 1 is 1.13 bits per heavy atom. The van der Waals surface area contributed by atoms with Crippen LogP contribution in [0.15, 0.2) is 42.7 Å². The van der Waals surface area contributed by atoms with E-state index in [9.17, 15) is 4.79 Å². The summed E-state index contributed by atoms with van der Waals surface area (Å²) in [4.78, 5) is 36.4. The number of nitrogens with zero attached hydrogens (tertiary/aromatic N) is 6. The lowest BCUT2D eigenvalue weighted by atomic mass is 10.0. The number of nitrogens with one attached hydrogen (secondary N) is 1. The zero-order chi connectivity index (χ0) is 21.8. The van der Waals surface area contributed by atoms with Gasteiger partial charge in [0, 0.05) is 54.9 Å². The van der Waals surface area contributed by atoms with Crippen LogP contribution in [0.4, 0.5) is 11.8 Å². The number of likely N-dealkylation sites (tertiary alicyclic amines) is 1. The van der Waals surface area contributed by atoms with Gasteiger partial charge in [0.25, 0.3) is 0 Å². The number of aryl methyl sites for hydroxylation is 3. The molecular formula is C23H25N7O. The molecule has 1 amide bonds. The second-order valence-electron chi connectivity index (χ2n) is 7.71. The van der Waals surface area contributed by atoms with E-state index in [-0.39, 0.29) is 11.8 Å². The van der Waals surface area contributed by atoms with Crippen LogP contribution in [0.25, 0.3) is 6.08 Å². The maximum Gasteiger partial charge on any atom is 0.246 e. The number of carbonyl (C=O) groups is 1. The number of pyridine rings is 1. The predicted octanol–water partition coefficient (Wildman–Crippen LogP) is 3.36. The van der Waals surface area contributed by atoms with E-state index in [2.05, 4.69) is 30.2 Å². The van der Waals surface area contributed by atoms with Crippen LogP contribution in [0.2, 0.25) is 0 Å². The van der Waals surface area contributed by atoms with Crippen molar-refractivity contribution in [3.8, 4) is 0 Å². The molecule has 8 nitrogen and oxygen atoms in total. The van der Waals surface area contributed by atoms with E-state index in [4.69, 9.17) is 0 Å². The zero-order valence-corrected chi connectivity index (χ0v) is 17.9. The van der Waals surface area contributed by atoms with Crippen LogP contribution in [-0.4, -0.2) is 48.8 Å². The molecule has 4 heterocycles. The summed E-state index contributed by atoms with van der Waals surface area (Å²) in [6.45, 7) is 7.07. The summed E-state index contributed by atoms with van der Waals surface area (Å²) in [5.41, 5.74) is 3.61. The smallest absolute Gasteiger partial charge is 0.246 e. The Labute approximate surface area is 181 Å². The van der Waals surface area contributed by atoms with Crippen LogP contribution < -0.4 is 5.32 Å². The Balaban J connectivity index is 1.45. The third-order valence-corrected chi connectivity index (χ3v) is 5.10. The molecule has 1 aliphatic heterocycles. The highest BCUT2D eigenvalue weighted by Gasteiger charge is 2.27. The van der Waals surface area contributed by atoms with E-state index in [1.54, 1.807) is 24.5 Å². The third kappa shape index (κ3) is 5.28. The lowest BCUT2D eigenvalue weighted by Gasteiger charge is -2.15. The van der Waals surface area contributed by atoms with Gasteiger partial charge in [-0.05, 0) is 51.0 Å².